The highest BCUT2D eigenvalue weighted by Gasteiger charge is 2.46. The van der Waals surface area contributed by atoms with E-state index in [0.29, 0.717) is 80.3 Å². The summed E-state index contributed by atoms with van der Waals surface area (Å²) in [6, 6.07) is 11.6. The molecule has 0 radical (unpaired) electrons. The van der Waals surface area contributed by atoms with Crippen LogP contribution >= 0.6 is 0 Å². The number of aliphatic hydroxyl groups excluding tert-OH is 1. The van der Waals surface area contributed by atoms with E-state index in [1.54, 1.807) is 29.2 Å². The zero-order chi connectivity index (χ0) is 30.1. The zero-order valence-electron chi connectivity index (χ0n) is 25.3. The second-order valence-electron chi connectivity index (χ2n) is 10.9. The quantitative estimate of drug-likeness (QED) is 0.188. The summed E-state index contributed by atoms with van der Waals surface area (Å²) in [5.74, 6) is 0.768. The monoisotopic (exact) mass is 580 g/mol. The van der Waals surface area contributed by atoms with Crippen molar-refractivity contribution in [2.45, 2.75) is 46.6 Å². The lowest BCUT2D eigenvalue weighted by molar-refractivity contribution is -0.140. The Morgan fingerprint density at radius 2 is 1.67 bits per heavy atom. The van der Waals surface area contributed by atoms with Crippen LogP contribution in [-0.2, 0) is 14.3 Å². The van der Waals surface area contributed by atoms with Crippen molar-refractivity contribution in [2.24, 2.45) is 5.92 Å². The molecule has 2 aliphatic heterocycles. The molecule has 0 saturated carbocycles. The highest BCUT2D eigenvalue weighted by Crippen LogP contribution is 2.42. The number of Topliss-reactive ketones (excluding diaryl/α,β-unsaturated/α-hetero) is 1. The molecule has 42 heavy (non-hydrogen) atoms. The molecule has 0 spiro atoms. The van der Waals surface area contributed by atoms with Crippen LogP contribution in [0.2, 0.25) is 0 Å². The van der Waals surface area contributed by atoms with Gasteiger partial charge >= 0.3 is 0 Å². The lowest BCUT2D eigenvalue weighted by Gasteiger charge is -2.29. The van der Waals surface area contributed by atoms with Gasteiger partial charge in [0.1, 0.15) is 11.5 Å². The molecule has 9 heteroatoms. The molecule has 4 rings (SSSR count). The minimum Gasteiger partial charge on any atom is -0.507 e. The second kappa shape index (κ2) is 15.1. The lowest BCUT2D eigenvalue weighted by Crippen LogP contribution is -2.39. The number of likely N-dealkylation sites (tertiary alicyclic amines) is 1. The smallest absolute Gasteiger partial charge is 0.295 e. The summed E-state index contributed by atoms with van der Waals surface area (Å²) in [7, 11) is 0. The molecule has 2 heterocycles. The number of carbonyl (C=O) groups excluding carboxylic acids is 2. The number of ketones is 1. The normalized spacial score (nSPS) is 19.0. The van der Waals surface area contributed by atoms with E-state index in [1.807, 2.05) is 32.0 Å². The first-order valence-corrected chi connectivity index (χ1v) is 15.0. The minimum atomic E-state index is -0.773. The molecule has 2 saturated heterocycles. The summed E-state index contributed by atoms with van der Waals surface area (Å²) >= 11 is 0. The SMILES string of the molecule is CCOc1ccc(/C(O)=C2\C(=O)C(=O)N(CCCN3CCOCC3)C2c2ccc(OCCC(C)C)c(OCC)c2)cc1. The standard InChI is InChI=1S/C33H44N2O7/c1-5-40-26-11-8-24(9-12-26)31(36)29-30(25-10-13-27(28(22-25)41-6-2)42-19-14-23(3)4)35(33(38)32(29)37)16-7-15-34-17-20-39-21-18-34/h8-13,22-23,30,36H,5-7,14-21H2,1-4H3/b31-29+. The van der Waals surface area contributed by atoms with E-state index in [0.717, 1.165) is 26.1 Å². The maximum absolute atomic E-state index is 13.5. The van der Waals surface area contributed by atoms with Crippen LogP contribution in [0, 0.1) is 5.92 Å². The third-order valence-corrected chi connectivity index (χ3v) is 7.49. The maximum atomic E-state index is 13.5. The minimum absolute atomic E-state index is 0.0615. The van der Waals surface area contributed by atoms with Gasteiger partial charge in [-0.3, -0.25) is 14.5 Å². The van der Waals surface area contributed by atoms with Gasteiger partial charge < -0.3 is 29.0 Å². The molecule has 0 aromatic heterocycles. The van der Waals surface area contributed by atoms with Crippen LogP contribution in [0.4, 0.5) is 0 Å². The van der Waals surface area contributed by atoms with Gasteiger partial charge in [0.25, 0.3) is 11.7 Å². The Hall–Kier alpha value is -3.56. The Labute approximate surface area is 249 Å². The summed E-state index contributed by atoms with van der Waals surface area (Å²) in [6.45, 7) is 13.8. The molecule has 0 bridgehead atoms. The van der Waals surface area contributed by atoms with Crippen molar-refractivity contribution in [3.05, 3.63) is 59.2 Å². The third-order valence-electron chi connectivity index (χ3n) is 7.49. The van der Waals surface area contributed by atoms with Crippen molar-refractivity contribution in [3.63, 3.8) is 0 Å². The van der Waals surface area contributed by atoms with Crippen LogP contribution in [0.15, 0.2) is 48.0 Å². The largest absolute Gasteiger partial charge is 0.507 e. The third kappa shape index (κ3) is 7.63. The number of rotatable bonds is 14. The highest BCUT2D eigenvalue weighted by atomic mass is 16.5. The molecule has 2 aromatic carbocycles. The number of ether oxygens (including phenoxy) is 4. The summed E-state index contributed by atoms with van der Waals surface area (Å²) in [5, 5.41) is 11.5. The van der Waals surface area contributed by atoms with E-state index in [1.165, 1.54) is 0 Å². The molecule has 0 aliphatic carbocycles. The van der Waals surface area contributed by atoms with E-state index in [4.69, 9.17) is 18.9 Å². The van der Waals surface area contributed by atoms with E-state index in [2.05, 4.69) is 18.7 Å². The van der Waals surface area contributed by atoms with Crippen LogP contribution in [0.5, 0.6) is 17.2 Å². The first-order valence-electron chi connectivity index (χ1n) is 15.0. The Kier molecular flexibility index (Phi) is 11.3. The molecular weight excluding hydrogens is 536 g/mol. The van der Waals surface area contributed by atoms with Gasteiger partial charge in [0.2, 0.25) is 0 Å². The highest BCUT2D eigenvalue weighted by molar-refractivity contribution is 6.46. The van der Waals surface area contributed by atoms with Gasteiger partial charge in [-0.25, -0.2) is 0 Å². The van der Waals surface area contributed by atoms with Gasteiger partial charge in [-0.05, 0) is 74.6 Å². The molecule has 2 aromatic rings. The van der Waals surface area contributed by atoms with E-state index >= 15 is 0 Å². The van der Waals surface area contributed by atoms with Crippen LogP contribution in [0.1, 0.15) is 57.7 Å². The maximum Gasteiger partial charge on any atom is 0.295 e. The topological polar surface area (TPSA) is 97.8 Å². The van der Waals surface area contributed by atoms with Crippen molar-refractivity contribution < 1.29 is 33.6 Å². The van der Waals surface area contributed by atoms with Gasteiger partial charge in [0, 0.05) is 31.7 Å². The van der Waals surface area contributed by atoms with Crippen LogP contribution in [0.25, 0.3) is 5.76 Å². The number of hydrogen-bond acceptors (Lipinski definition) is 8. The first-order chi connectivity index (χ1) is 20.3. The fourth-order valence-corrected chi connectivity index (χ4v) is 5.26. The Balaban J connectivity index is 1.70. The molecule has 2 aliphatic rings. The summed E-state index contributed by atoms with van der Waals surface area (Å²) < 4.78 is 22.9. The van der Waals surface area contributed by atoms with E-state index < -0.39 is 17.7 Å². The van der Waals surface area contributed by atoms with E-state index in [-0.39, 0.29) is 11.3 Å². The predicted octanol–water partition coefficient (Wildman–Crippen LogP) is 5.05. The van der Waals surface area contributed by atoms with Gasteiger partial charge in [-0.2, -0.15) is 0 Å². The van der Waals surface area contributed by atoms with Crippen molar-refractivity contribution >= 4 is 17.4 Å². The number of carbonyl (C=O) groups is 2. The van der Waals surface area contributed by atoms with E-state index in [9.17, 15) is 14.7 Å². The van der Waals surface area contributed by atoms with Crippen LogP contribution in [0.3, 0.4) is 0 Å². The van der Waals surface area contributed by atoms with Crippen LogP contribution in [-0.4, -0.2) is 85.8 Å². The Bertz CT molecular complexity index is 1240. The van der Waals surface area contributed by atoms with Crippen molar-refractivity contribution in [1.82, 2.24) is 9.80 Å². The number of hydrogen-bond donors (Lipinski definition) is 1. The number of nitrogens with zero attached hydrogens (tertiary/aromatic N) is 2. The Morgan fingerprint density at radius 3 is 2.33 bits per heavy atom. The fourth-order valence-electron chi connectivity index (χ4n) is 5.26. The summed E-state index contributed by atoms with van der Waals surface area (Å²) in [4.78, 5) is 30.8. The average molecular weight is 581 g/mol. The molecule has 1 amide bonds. The molecule has 2 fully saturated rings. The van der Waals surface area contributed by atoms with Crippen LogP contribution < -0.4 is 14.2 Å². The van der Waals surface area contributed by atoms with Gasteiger partial charge in [-0.1, -0.05) is 19.9 Å². The lowest BCUT2D eigenvalue weighted by atomic mass is 9.95. The number of benzene rings is 2. The van der Waals surface area contributed by atoms with Gasteiger partial charge in [0.15, 0.2) is 11.5 Å². The van der Waals surface area contributed by atoms with Crippen molar-refractivity contribution in [3.8, 4) is 17.2 Å². The molecular formula is C33H44N2O7. The number of aliphatic hydroxyl groups is 1. The summed E-state index contributed by atoms with van der Waals surface area (Å²) in [6.07, 6.45) is 1.58. The van der Waals surface area contributed by atoms with Crippen molar-refractivity contribution in [2.75, 3.05) is 59.2 Å². The number of morpholine rings is 1. The molecule has 1 atom stereocenters. The number of amides is 1. The summed E-state index contributed by atoms with van der Waals surface area (Å²) in [5.41, 5.74) is 1.17. The van der Waals surface area contributed by atoms with Crippen molar-refractivity contribution in [1.29, 1.82) is 0 Å². The predicted molar refractivity (Wildman–Crippen MR) is 161 cm³/mol. The molecule has 9 nitrogen and oxygen atoms in total. The first kappa shape index (κ1) is 31.4. The second-order valence-corrected chi connectivity index (χ2v) is 10.9. The van der Waals surface area contributed by atoms with Gasteiger partial charge in [0.05, 0.1) is 44.6 Å². The zero-order valence-corrected chi connectivity index (χ0v) is 25.3. The average Bonchev–Trinajstić information content (AvgIpc) is 3.24. The van der Waals surface area contributed by atoms with Gasteiger partial charge in [-0.15, -0.1) is 0 Å². The molecule has 228 valence electrons. The fraction of sp³-hybridized carbons (Fsp3) is 0.515. The Morgan fingerprint density at radius 1 is 0.952 bits per heavy atom. The molecule has 1 N–H and O–H groups in total. The molecule has 1 unspecified atom stereocenters.